The number of aliphatic imine (C=N–C) groups is 1. The van der Waals surface area contributed by atoms with Crippen LogP contribution in [-0.2, 0) is 14.8 Å². The van der Waals surface area contributed by atoms with Gasteiger partial charge in [0.05, 0.1) is 0 Å². The molecule has 3 N–H and O–H groups in total. The number of rotatable bonds is 12. The van der Waals surface area contributed by atoms with E-state index in [9.17, 15) is 31.2 Å². The predicted octanol–water partition coefficient (Wildman–Crippen LogP) is 5.16. The van der Waals surface area contributed by atoms with Crippen LogP contribution in [0.25, 0.3) is 6.08 Å². The summed E-state index contributed by atoms with van der Waals surface area (Å²) < 4.78 is 64.1. The van der Waals surface area contributed by atoms with E-state index in [1.165, 1.54) is 14.6 Å². The van der Waals surface area contributed by atoms with Gasteiger partial charge in [-0.1, -0.05) is 25.7 Å². The maximum atomic E-state index is 13.1. The molecule has 1 aromatic rings. The van der Waals surface area contributed by atoms with Gasteiger partial charge in [0.15, 0.2) is 0 Å². The highest BCUT2D eigenvalue weighted by molar-refractivity contribution is 7.92. The van der Waals surface area contributed by atoms with Gasteiger partial charge in [-0.05, 0) is 74.4 Å². The number of anilines is 1. The van der Waals surface area contributed by atoms with Crippen molar-refractivity contribution in [2.75, 3.05) is 25.0 Å². The zero-order valence-electron chi connectivity index (χ0n) is 23.9. The summed E-state index contributed by atoms with van der Waals surface area (Å²) in [5, 5.41) is 4.02. The Balaban J connectivity index is 1.51. The van der Waals surface area contributed by atoms with Crippen LogP contribution in [0.1, 0.15) is 80.9 Å². The normalized spacial score (nSPS) is 17.7. The van der Waals surface area contributed by atoms with E-state index in [-0.39, 0.29) is 38.3 Å². The van der Waals surface area contributed by atoms with Gasteiger partial charge in [0, 0.05) is 44.1 Å². The number of sulfonamides is 1. The van der Waals surface area contributed by atoms with E-state index in [2.05, 4.69) is 10.3 Å². The number of nitrogens with zero attached hydrogens (tertiary/aromatic N) is 3. The predicted molar refractivity (Wildman–Crippen MR) is 154 cm³/mol. The number of piperidine rings is 1. The van der Waals surface area contributed by atoms with Crippen LogP contribution in [0.2, 0.25) is 0 Å². The van der Waals surface area contributed by atoms with Crippen molar-refractivity contribution in [3.63, 3.8) is 0 Å². The van der Waals surface area contributed by atoms with Gasteiger partial charge in [-0.2, -0.15) is 17.5 Å². The first-order valence-corrected chi connectivity index (χ1v) is 15.4. The van der Waals surface area contributed by atoms with Crippen LogP contribution in [0.15, 0.2) is 22.5 Å². The number of urea groups is 1. The first-order chi connectivity index (χ1) is 19.1. The molecule has 1 fully saturated rings. The molecule has 3 rings (SSSR count). The molecule has 1 spiro atoms. The van der Waals surface area contributed by atoms with Crippen LogP contribution in [0.4, 0.5) is 23.7 Å². The number of halogens is 3. The van der Waals surface area contributed by atoms with E-state index in [0.29, 0.717) is 24.4 Å². The van der Waals surface area contributed by atoms with Gasteiger partial charge < -0.3 is 11.1 Å². The van der Waals surface area contributed by atoms with Crippen molar-refractivity contribution < 1.29 is 31.2 Å². The van der Waals surface area contributed by atoms with Crippen molar-refractivity contribution in [1.29, 1.82) is 0 Å². The van der Waals surface area contributed by atoms with Crippen molar-refractivity contribution in [2.24, 2.45) is 10.7 Å². The number of nitrogens with two attached hydrogens (primary N) is 1. The van der Waals surface area contributed by atoms with Gasteiger partial charge in [0.1, 0.15) is 11.4 Å². The lowest BCUT2D eigenvalue weighted by Gasteiger charge is -2.34. The molecular weight excluding hydrogens is 559 g/mol. The molecule has 0 radical (unpaired) electrons. The summed E-state index contributed by atoms with van der Waals surface area (Å²) in [6.45, 7) is 3.98. The summed E-state index contributed by atoms with van der Waals surface area (Å²) in [4.78, 5) is 30.2. The zero-order chi connectivity index (χ0) is 30.4. The number of carbonyl (C=O) groups is 2. The summed E-state index contributed by atoms with van der Waals surface area (Å²) in [7, 11) is -2.18. The summed E-state index contributed by atoms with van der Waals surface area (Å²) in [5.41, 5.74) is 7.32. The third-order valence-electron chi connectivity index (χ3n) is 7.77. The number of amides is 3. The second kappa shape index (κ2) is 13.4. The average Bonchev–Trinajstić information content (AvgIpc) is 3.18. The van der Waals surface area contributed by atoms with Crippen LogP contribution in [0.3, 0.4) is 0 Å². The summed E-state index contributed by atoms with van der Waals surface area (Å²) in [6.07, 6.45) is 1.75. The van der Waals surface area contributed by atoms with Gasteiger partial charge in [0.2, 0.25) is 10.0 Å². The molecule has 9 nitrogen and oxygen atoms in total. The molecule has 2 aliphatic heterocycles. The van der Waals surface area contributed by atoms with E-state index < -0.39 is 34.2 Å². The van der Waals surface area contributed by atoms with Crippen LogP contribution in [0.5, 0.6) is 0 Å². The summed E-state index contributed by atoms with van der Waals surface area (Å²) >= 11 is 0. The molecule has 0 aliphatic carbocycles. The van der Waals surface area contributed by atoms with Gasteiger partial charge in [-0.25, -0.2) is 13.2 Å². The summed E-state index contributed by atoms with van der Waals surface area (Å²) in [6, 6.07) is 2.94. The monoisotopic (exact) mass is 599 g/mol. The quantitative estimate of drug-likeness (QED) is 0.322. The Hall–Kier alpha value is -2.93. The Morgan fingerprint density at radius 1 is 1.10 bits per heavy atom. The third-order valence-corrected chi connectivity index (χ3v) is 9.33. The maximum absolute atomic E-state index is 13.1. The Morgan fingerprint density at radius 2 is 1.66 bits per heavy atom. The molecule has 0 bridgehead atoms. The standard InChI is InChI=1S/C28H40F3N5O4S/c1-20-18-22(35(3)26(32)38)19-21(2)23(20)11-17-41(39,40)36-15-13-27(14-16-36)25(37)33-24(34-27)10-8-6-4-5-7-9-12-28(29,30)31/h11,17-19H,4-10,12-16H2,1-3H3,(H2,32,38)(H,33,34,37)/b17-11+. The first-order valence-electron chi connectivity index (χ1n) is 13.9. The van der Waals surface area contributed by atoms with Gasteiger partial charge in [-0.15, -0.1) is 0 Å². The fourth-order valence-electron chi connectivity index (χ4n) is 5.25. The minimum Gasteiger partial charge on any atom is -0.351 e. The number of nitrogens with one attached hydrogen (secondary N) is 1. The lowest BCUT2D eigenvalue weighted by molar-refractivity contribution is -0.135. The first kappa shape index (κ1) is 32.6. The molecule has 1 aromatic carbocycles. The molecule has 41 heavy (non-hydrogen) atoms. The topological polar surface area (TPSA) is 125 Å². The Labute approximate surface area is 240 Å². The zero-order valence-corrected chi connectivity index (χ0v) is 24.7. The van der Waals surface area contributed by atoms with Crippen molar-refractivity contribution in [3.05, 3.63) is 34.2 Å². The highest BCUT2D eigenvalue weighted by atomic mass is 32.2. The van der Waals surface area contributed by atoms with Gasteiger partial charge in [0.25, 0.3) is 5.91 Å². The van der Waals surface area contributed by atoms with Crippen LogP contribution >= 0.6 is 0 Å². The van der Waals surface area contributed by atoms with E-state index in [1.54, 1.807) is 25.3 Å². The smallest absolute Gasteiger partial charge is 0.351 e. The molecule has 2 heterocycles. The number of unbranched alkanes of at least 4 members (excludes halogenated alkanes) is 5. The van der Waals surface area contributed by atoms with Gasteiger partial charge in [-0.3, -0.25) is 14.7 Å². The number of amidine groups is 1. The highest BCUT2D eigenvalue weighted by Crippen LogP contribution is 2.32. The molecule has 2 aliphatic rings. The largest absolute Gasteiger partial charge is 0.389 e. The van der Waals surface area contributed by atoms with Crippen LogP contribution in [-0.4, -0.2) is 62.3 Å². The highest BCUT2D eigenvalue weighted by Gasteiger charge is 2.46. The number of primary amides is 1. The van der Waals surface area contributed by atoms with E-state index >= 15 is 0 Å². The molecule has 0 unspecified atom stereocenters. The van der Waals surface area contributed by atoms with E-state index in [4.69, 9.17) is 5.73 Å². The molecule has 228 valence electrons. The van der Waals surface area contributed by atoms with Crippen molar-refractivity contribution in [3.8, 4) is 0 Å². The summed E-state index contributed by atoms with van der Waals surface area (Å²) in [5.74, 6) is 0.388. The molecule has 1 saturated heterocycles. The lowest BCUT2D eigenvalue weighted by Crippen LogP contribution is -2.50. The van der Waals surface area contributed by atoms with Crippen molar-refractivity contribution in [1.82, 2.24) is 9.62 Å². The number of alkyl halides is 3. The minimum absolute atomic E-state index is 0.153. The number of hydrogen-bond acceptors (Lipinski definition) is 5. The third kappa shape index (κ3) is 8.78. The van der Waals surface area contributed by atoms with Crippen molar-refractivity contribution >= 4 is 39.6 Å². The minimum atomic E-state index is -4.09. The number of benzene rings is 1. The molecule has 0 aromatic heterocycles. The van der Waals surface area contributed by atoms with Crippen molar-refractivity contribution in [2.45, 2.75) is 89.8 Å². The van der Waals surface area contributed by atoms with Crippen LogP contribution < -0.4 is 16.0 Å². The number of hydrogen-bond donors (Lipinski definition) is 2. The second-order valence-corrected chi connectivity index (χ2v) is 12.7. The SMILES string of the molecule is Cc1cc(N(C)C(N)=O)cc(C)c1/C=C/S(=O)(=O)N1CCC2(CC1)N=C(CCCCCCCCC(F)(F)F)NC2=O. The molecule has 13 heteroatoms. The van der Waals surface area contributed by atoms with Gasteiger partial charge >= 0.3 is 12.2 Å². The Morgan fingerprint density at radius 3 is 2.22 bits per heavy atom. The molecule has 3 amide bonds. The fraction of sp³-hybridized carbons (Fsp3) is 0.607. The molecule has 0 atom stereocenters. The average molecular weight is 600 g/mol. The Bertz CT molecular complexity index is 1260. The second-order valence-electron chi connectivity index (χ2n) is 10.9. The number of carbonyl (C=O) groups excluding carboxylic acids is 2. The van der Waals surface area contributed by atoms with E-state index in [1.807, 2.05) is 13.8 Å². The molecular formula is C28H40F3N5O4S. The lowest BCUT2D eigenvalue weighted by atomic mass is 9.89. The van der Waals surface area contributed by atoms with Crippen LogP contribution in [0, 0.1) is 13.8 Å². The Kier molecular flexibility index (Phi) is 10.6. The van der Waals surface area contributed by atoms with E-state index in [0.717, 1.165) is 42.4 Å². The fourth-order valence-corrected chi connectivity index (χ4v) is 6.42. The maximum Gasteiger partial charge on any atom is 0.389 e. The number of aryl methyl sites for hydroxylation is 2. The molecule has 0 saturated carbocycles.